The van der Waals surface area contributed by atoms with E-state index in [0.29, 0.717) is 18.4 Å². The molecule has 0 saturated heterocycles. The van der Waals surface area contributed by atoms with Crippen molar-refractivity contribution >= 4 is 17.6 Å². The van der Waals surface area contributed by atoms with Gasteiger partial charge in [-0.1, -0.05) is 37.5 Å². The number of hydrogen-bond acceptors (Lipinski definition) is 4. The Morgan fingerprint density at radius 3 is 2.48 bits per heavy atom. The fourth-order valence-electron chi connectivity index (χ4n) is 5.94. The van der Waals surface area contributed by atoms with Gasteiger partial charge in [-0.15, -0.1) is 0 Å². The predicted octanol–water partition coefficient (Wildman–Crippen LogP) is 3.92. The summed E-state index contributed by atoms with van der Waals surface area (Å²) in [7, 11) is 0. The molecular formula is C24H34N2O3. The van der Waals surface area contributed by atoms with Crippen LogP contribution in [-0.4, -0.2) is 37.1 Å². The number of ether oxygens (including phenoxy) is 1. The first-order chi connectivity index (χ1) is 14.2. The Balaban J connectivity index is 1.45. The van der Waals surface area contributed by atoms with E-state index in [-0.39, 0.29) is 36.4 Å². The number of esters is 1. The average molecular weight is 399 g/mol. The lowest BCUT2D eigenvalue weighted by molar-refractivity contribution is -0.151. The molecule has 0 radical (unpaired) electrons. The summed E-state index contributed by atoms with van der Waals surface area (Å²) < 4.78 is 5.35. The van der Waals surface area contributed by atoms with Gasteiger partial charge in [-0.05, 0) is 63.0 Å². The normalized spacial score (nSPS) is 29.0. The molecule has 3 saturated carbocycles. The van der Waals surface area contributed by atoms with Gasteiger partial charge in [0.25, 0.3) is 0 Å². The van der Waals surface area contributed by atoms with Crippen molar-refractivity contribution in [3.05, 3.63) is 30.3 Å². The van der Waals surface area contributed by atoms with E-state index in [1.807, 2.05) is 42.2 Å². The maximum atomic E-state index is 13.4. The van der Waals surface area contributed by atoms with E-state index in [9.17, 15) is 9.59 Å². The summed E-state index contributed by atoms with van der Waals surface area (Å²) in [6.45, 7) is 2.57. The van der Waals surface area contributed by atoms with Crippen molar-refractivity contribution < 1.29 is 14.3 Å². The first-order valence-electron chi connectivity index (χ1n) is 11.5. The summed E-state index contributed by atoms with van der Waals surface area (Å²) in [6.07, 6.45) is 9.12. The third-order valence-corrected chi connectivity index (χ3v) is 7.21. The van der Waals surface area contributed by atoms with Gasteiger partial charge < -0.3 is 15.0 Å². The highest BCUT2D eigenvalue weighted by Gasteiger charge is 2.51. The number of anilines is 1. The van der Waals surface area contributed by atoms with Gasteiger partial charge >= 0.3 is 5.97 Å². The van der Waals surface area contributed by atoms with Crippen LogP contribution in [0.4, 0.5) is 5.69 Å². The number of nitrogens with zero attached hydrogens (tertiary/aromatic N) is 1. The highest BCUT2D eigenvalue weighted by Crippen LogP contribution is 2.49. The lowest BCUT2D eigenvalue weighted by Gasteiger charge is -2.36. The Hall–Kier alpha value is -1.88. The largest absolute Gasteiger partial charge is 0.466 e. The third kappa shape index (κ3) is 4.35. The topological polar surface area (TPSA) is 58.6 Å². The molecule has 5 nitrogen and oxygen atoms in total. The van der Waals surface area contributed by atoms with Crippen LogP contribution < -0.4 is 10.2 Å². The molecule has 3 fully saturated rings. The quantitative estimate of drug-likeness (QED) is 0.707. The van der Waals surface area contributed by atoms with Crippen molar-refractivity contribution in [3.8, 4) is 0 Å². The van der Waals surface area contributed by atoms with E-state index >= 15 is 0 Å². The van der Waals surface area contributed by atoms with Crippen LogP contribution in [0, 0.1) is 17.8 Å². The minimum absolute atomic E-state index is 0.0701. The van der Waals surface area contributed by atoms with Crippen molar-refractivity contribution in [2.45, 2.75) is 70.4 Å². The minimum atomic E-state index is -0.0960. The van der Waals surface area contributed by atoms with Gasteiger partial charge in [-0.25, -0.2) is 0 Å². The van der Waals surface area contributed by atoms with Crippen molar-refractivity contribution in [1.29, 1.82) is 0 Å². The van der Waals surface area contributed by atoms with E-state index < -0.39 is 0 Å². The standard InChI is InChI=1S/C24H34N2O3/c1-2-29-24(28)22-17-13-14-18(15-17)23(22)25-16-21(27)26(19-9-5-3-6-10-19)20-11-7-4-8-12-20/h3,5-6,9-10,17-18,20,22-23,25H,2,4,7-8,11-16H2,1H3. The molecule has 0 aliphatic heterocycles. The summed E-state index contributed by atoms with van der Waals surface area (Å²) in [5, 5.41) is 3.50. The van der Waals surface area contributed by atoms with Gasteiger partial charge in [0.2, 0.25) is 5.91 Å². The smallest absolute Gasteiger partial charge is 0.310 e. The molecular weight excluding hydrogens is 364 g/mol. The van der Waals surface area contributed by atoms with E-state index in [0.717, 1.165) is 37.8 Å². The SMILES string of the molecule is CCOC(=O)C1C2CCC(C2)C1NCC(=O)N(c1ccccc1)C1CCCCC1. The highest BCUT2D eigenvalue weighted by atomic mass is 16.5. The number of hydrogen-bond donors (Lipinski definition) is 1. The first-order valence-corrected chi connectivity index (χ1v) is 11.5. The molecule has 2 bridgehead atoms. The zero-order chi connectivity index (χ0) is 20.2. The molecule has 0 aromatic heterocycles. The molecule has 1 amide bonds. The van der Waals surface area contributed by atoms with Crippen LogP contribution in [0.3, 0.4) is 0 Å². The molecule has 0 heterocycles. The van der Waals surface area contributed by atoms with Crippen LogP contribution in [0.15, 0.2) is 30.3 Å². The van der Waals surface area contributed by atoms with Crippen LogP contribution in [0.1, 0.15) is 58.3 Å². The summed E-state index contributed by atoms with van der Waals surface area (Å²) in [5.74, 6) is 0.837. The Morgan fingerprint density at radius 1 is 1.03 bits per heavy atom. The highest BCUT2D eigenvalue weighted by molar-refractivity contribution is 5.95. The van der Waals surface area contributed by atoms with Crippen molar-refractivity contribution in [2.24, 2.45) is 17.8 Å². The number of carbonyl (C=O) groups excluding carboxylic acids is 2. The predicted molar refractivity (Wildman–Crippen MR) is 114 cm³/mol. The van der Waals surface area contributed by atoms with Gasteiger partial charge in [0.05, 0.1) is 19.1 Å². The fourth-order valence-corrected chi connectivity index (χ4v) is 5.94. The molecule has 1 N–H and O–H groups in total. The zero-order valence-corrected chi connectivity index (χ0v) is 17.5. The van der Waals surface area contributed by atoms with Crippen LogP contribution >= 0.6 is 0 Å². The van der Waals surface area contributed by atoms with Crippen LogP contribution in [-0.2, 0) is 14.3 Å². The van der Waals surface area contributed by atoms with Crippen molar-refractivity contribution in [1.82, 2.24) is 5.32 Å². The second kappa shape index (κ2) is 9.29. The van der Waals surface area contributed by atoms with Gasteiger partial charge in [-0.3, -0.25) is 9.59 Å². The Morgan fingerprint density at radius 2 is 1.76 bits per heavy atom. The van der Waals surface area contributed by atoms with Gasteiger partial charge in [0.1, 0.15) is 0 Å². The molecule has 1 aromatic rings. The average Bonchev–Trinajstić information content (AvgIpc) is 3.36. The second-order valence-electron chi connectivity index (χ2n) is 8.91. The van der Waals surface area contributed by atoms with E-state index in [2.05, 4.69) is 5.32 Å². The lowest BCUT2D eigenvalue weighted by Crippen LogP contribution is -2.51. The van der Waals surface area contributed by atoms with Gasteiger partial charge in [0, 0.05) is 17.8 Å². The molecule has 0 spiro atoms. The van der Waals surface area contributed by atoms with E-state index in [1.54, 1.807) is 0 Å². The number of nitrogens with one attached hydrogen (secondary N) is 1. The maximum absolute atomic E-state index is 13.4. The number of carbonyl (C=O) groups is 2. The molecule has 4 atom stereocenters. The number of para-hydroxylation sites is 1. The molecule has 3 aliphatic carbocycles. The fraction of sp³-hybridized carbons (Fsp3) is 0.667. The maximum Gasteiger partial charge on any atom is 0.310 e. The molecule has 29 heavy (non-hydrogen) atoms. The van der Waals surface area contributed by atoms with Gasteiger partial charge in [-0.2, -0.15) is 0 Å². The van der Waals surface area contributed by atoms with Crippen molar-refractivity contribution in [3.63, 3.8) is 0 Å². The molecule has 3 aliphatic rings. The third-order valence-electron chi connectivity index (χ3n) is 7.21. The summed E-state index contributed by atoms with van der Waals surface area (Å²) in [5.41, 5.74) is 0.987. The molecule has 4 unspecified atom stereocenters. The number of rotatable bonds is 7. The molecule has 5 heteroatoms. The van der Waals surface area contributed by atoms with Crippen LogP contribution in [0.2, 0.25) is 0 Å². The first kappa shape index (κ1) is 20.4. The van der Waals surface area contributed by atoms with Gasteiger partial charge in [0.15, 0.2) is 0 Å². The number of fused-ring (bicyclic) bond motifs is 2. The van der Waals surface area contributed by atoms with Crippen LogP contribution in [0.25, 0.3) is 0 Å². The van der Waals surface area contributed by atoms with Crippen LogP contribution in [0.5, 0.6) is 0 Å². The Bertz CT molecular complexity index is 701. The molecule has 158 valence electrons. The minimum Gasteiger partial charge on any atom is -0.466 e. The molecule has 1 aromatic carbocycles. The lowest BCUT2D eigenvalue weighted by atomic mass is 9.84. The van der Waals surface area contributed by atoms with E-state index in [1.165, 1.54) is 19.3 Å². The molecule has 4 rings (SSSR count). The number of amides is 1. The zero-order valence-electron chi connectivity index (χ0n) is 17.5. The Labute approximate surface area is 174 Å². The summed E-state index contributed by atoms with van der Waals surface area (Å²) in [4.78, 5) is 27.9. The number of benzene rings is 1. The summed E-state index contributed by atoms with van der Waals surface area (Å²) >= 11 is 0. The van der Waals surface area contributed by atoms with Crippen molar-refractivity contribution in [2.75, 3.05) is 18.1 Å². The monoisotopic (exact) mass is 398 g/mol. The Kier molecular flexibility index (Phi) is 6.53. The summed E-state index contributed by atoms with van der Waals surface area (Å²) in [6, 6.07) is 10.4. The second-order valence-corrected chi connectivity index (χ2v) is 8.91. The van der Waals surface area contributed by atoms with E-state index in [4.69, 9.17) is 4.74 Å².